The first-order valence-electron chi connectivity index (χ1n) is 8.72. The van der Waals surface area contributed by atoms with Crippen LogP contribution in [0.1, 0.15) is 13.3 Å². The molecule has 0 unspecified atom stereocenters. The number of amides is 2. The van der Waals surface area contributed by atoms with Gasteiger partial charge >= 0.3 is 5.69 Å². The number of aryl methyl sites for hydroxylation is 2. The summed E-state index contributed by atoms with van der Waals surface area (Å²) in [4.78, 5) is 40.8. The monoisotopic (exact) mass is 376 g/mol. The zero-order valence-corrected chi connectivity index (χ0v) is 16.2. The van der Waals surface area contributed by atoms with Gasteiger partial charge in [0.05, 0.1) is 16.9 Å². The molecule has 3 rings (SSSR count). The maximum Gasteiger partial charge on any atom is 0.329 e. The van der Waals surface area contributed by atoms with Crippen molar-refractivity contribution in [2.24, 2.45) is 0 Å². The van der Waals surface area contributed by atoms with Crippen LogP contribution < -0.4 is 5.69 Å². The van der Waals surface area contributed by atoms with E-state index in [1.165, 1.54) is 4.90 Å². The Bertz CT molecular complexity index is 886. The Kier molecular flexibility index (Phi) is 5.41. The van der Waals surface area contributed by atoms with Crippen LogP contribution in [0.15, 0.2) is 29.1 Å². The Balaban J connectivity index is 1.78. The number of para-hydroxylation sites is 2. The van der Waals surface area contributed by atoms with Crippen molar-refractivity contribution >= 4 is 34.6 Å². The van der Waals surface area contributed by atoms with Gasteiger partial charge in [-0.1, -0.05) is 12.1 Å². The number of rotatable bonds is 5. The third-order valence-corrected chi connectivity index (χ3v) is 5.73. The van der Waals surface area contributed by atoms with Gasteiger partial charge in [0.2, 0.25) is 11.8 Å². The summed E-state index contributed by atoms with van der Waals surface area (Å²) in [5.41, 5.74) is 1.62. The summed E-state index contributed by atoms with van der Waals surface area (Å²) in [7, 11) is 3.40. The fraction of sp³-hybridized carbons (Fsp3) is 0.500. The largest absolute Gasteiger partial charge is 0.347 e. The summed E-state index contributed by atoms with van der Waals surface area (Å²) in [6.07, 6.45) is 0.204. The normalized spacial score (nSPS) is 17.0. The number of hydrogen-bond donors (Lipinski definition) is 0. The quantitative estimate of drug-likeness (QED) is 0.787. The predicted molar refractivity (Wildman–Crippen MR) is 103 cm³/mol. The first-order valence-corrected chi connectivity index (χ1v) is 9.87. The molecule has 2 amide bonds. The molecule has 1 aromatic heterocycles. The van der Waals surface area contributed by atoms with Crippen LogP contribution in [-0.2, 0) is 22.7 Å². The number of likely N-dealkylation sites (N-methyl/N-ethyl adjacent to an activating group) is 1. The molecule has 1 aliphatic heterocycles. The highest BCUT2D eigenvalue weighted by Crippen LogP contribution is 2.23. The summed E-state index contributed by atoms with van der Waals surface area (Å²) in [5.74, 6) is 1.01. The number of carbonyl (C=O) groups excluding carboxylic acids is 2. The molecule has 0 bridgehead atoms. The molecule has 1 aromatic carbocycles. The van der Waals surface area contributed by atoms with Gasteiger partial charge in [0, 0.05) is 39.4 Å². The summed E-state index contributed by atoms with van der Waals surface area (Å²) in [6.45, 7) is 2.83. The summed E-state index contributed by atoms with van der Waals surface area (Å²) < 4.78 is 3.37. The van der Waals surface area contributed by atoms with Crippen LogP contribution >= 0.6 is 11.8 Å². The van der Waals surface area contributed by atoms with E-state index in [4.69, 9.17) is 0 Å². The lowest BCUT2D eigenvalue weighted by atomic mass is 10.2. The smallest absolute Gasteiger partial charge is 0.329 e. The van der Waals surface area contributed by atoms with Crippen LogP contribution in [-0.4, -0.2) is 62.5 Å². The molecule has 140 valence electrons. The first-order chi connectivity index (χ1) is 12.5. The number of benzene rings is 1. The van der Waals surface area contributed by atoms with Gasteiger partial charge in [-0.3, -0.25) is 18.7 Å². The molecular weight excluding hydrogens is 352 g/mol. The number of imidazole rings is 1. The highest BCUT2D eigenvalue weighted by atomic mass is 32.2. The van der Waals surface area contributed by atoms with E-state index in [1.807, 2.05) is 31.2 Å². The van der Waals surface area contributed by atoms with Crippen molar-refractivity contribution in [1.29, 1.82) is 0 Å². The van der Waals surface area contributed by atoms with Gasteiger partial charge in [-0.05, 0) is 19.1 Å². The van der Waals surface area contributed by atoms with E-state index in [1.54, 1.807) is 39.9 Å². The van der Waals surface area contributed by atoms with E-state index in [2.05, 4.69) is 0 Å². The van der Waals surface area contributed by atoms with E-state index in [-0.39, 0.29) is 23.9 Å². The molecule has 26 heavy (non-hydrogen) atoms. The second kappa shape index (κ2) is 7.57. The lowest BCUT2D eigenvalue weighted by Crippen LogP contribution is -2.47. The number of aromatic nitrogens is 2. The molecule has 8 heteroatoms. The number of fused-ring (bicyclic) bond motifs is 1. The molecule has 1 fully saturated rings. The third-order valence-electron chi connectivity index (χ3n) is 4.72. The minimum Gasteiger partial charge on any atom is -0.347 e. The zero-order chi connectivity index (χ0) is 18.8. The summed E-state index contributed by atoms with van der Waals surface area (Å²) >= 11 is 1.58. The van der Waals surface area contributed by atoms with Crippen molar-refractivity contribution < 1.29 is 9.59 Å². The number of thioether (sulfide) groups is 1. The van der Waals surface area contributed by atoms with Crippen LogP contribution in [0.25, 0.3) is 11.0 Å². The minimum atomic E-state index is -0.406. The fourth-order valence-corrected chi connectivity index (χ4v) is 4.51. The Hall–Kier alpha value is -2.22. The van der Waals surface area contributed by atoms with Gasteiger partial charge in [-0.15, -0.1) is 11.8 Å². The van der Waals surface area contributed by atoms with Crippen molar-refractivity contribution in [1.82, 2.24) is 18.9 Å². The average molecular weight is 376 g/mol. The average Bonchev–Trinajstić information content (AvgIpc) is 3.21. The maximum atomic E-state index is 12.7. The van der Waals surface area contributed by atoms with E-state index in [0.717, 1.165) is 11.0 Å². The minimum absolute atomic E-state index is 0.0527. The van der Waals surface area contributed by atoms with Gasteiger partial charge in [0.15, 0.2) is 0 Å². The summed E-state index contributed by atoms with van der Waals surface area (Å²) in [6, 6.07) is 7.21. The second-order valence-corrected chi connectivity index (χ2v) is 7.53. The Morgan fingerprint density at radius 3 is 2.46 bits per heavy atom. The van der Waals surface area contributed by atoms with Gasteiger partial charge in [-0.2, -0.15) is 0 Å². The standard InChI is InChI=1S/C18H24N4O3S/c1-4-20-13-7-5-6-8-14(13)21(18(20)25)10-9-16(23)22-12-26-11-15(22)17(24)19(2)3/h5-8,15H,4,9-12H2,1-3H3/t15-/m1/s1. The predicted octanol–water partition coefficient (Wildman–Crippen LogP) is 1.20. The zero-order valence-electron chi connectivity index (χ0n) is 15.3. The molecule has 0 spiro atoms. The molecule has 1 aliphatic rings. The molecule has 1 atom stereocenters. The fourth-order valence-electron chi connectivity index (χ4n) is 3.34. The van der Waals surface area contributed by atoms with E-state index in [9.17, 15) is 14.4 Å². The first kappa shape index (κ1) is 18.6. The number of nitrogens with zero attached hydrogens (tertiary/aromatic N) is 4. The lowest BCUT2D eigenvalue weighted by molar-refractivity contribution is -0.142. The van der Waals surface area contributed by atoms with Crippen LogP contribution in [0.4, 0.5) is 0 Å². The van der Waals surface area contributed by atoms with Crippen molar-refractivity contribution in [2.75, 3.05) is 25.7 Å². The number of hydrogen-bond acceptors (Lipinski definition) is 4. The van der Waals surface area contributed by atoms with Gasteiger partial charge in [0.25, 0.3) is 0 Å². The van der Waals surface area contributed by atoms with Gasteiger partial charge in [0.1, 0.15) is 6.04 Å². The molecular formula is C18H24N4O3S. The molecule has 0 radical (unpaired) electrons. The Morgan fingerprint density at radius 1 is 1.19 bits per heavy atom. The highest BCUT2D eigenvalue weighted by Gasteiger charge is 2.35. The second-order valence-electron chi connectivity index (χ2n) is 6.53. The summed E-state index contributed by atoms with van der Waals surface area (Å²) in [5, 5.41) is 0. The molecule has 7 nitrogen and oxygen atoms in total. The molecule has 2 heterocycles. The van der Waals surface area contributed by atoms with E-state index in [0.29, 0.717) is 24.7 Å². The van der Waals surface area contributed by atoms with Crippen LogP contribution in [0.2, 0.25) is 0 Å². The SMILES string of the molecule is CCn1c(=O)n(CCC(=O)N2CSC[C@@H]2C(=O)N(C)C)c2ccccc21. The van der Waals surface area contributed by atoms with Gasteiger partial charge < -0.3 is 9.80 Å². The van der Waals surface area contributed by atoms with E-state index < -0.39 is 6.04 Å². The molecule has 2 aromatic rings. The number of carbonyl (C=O) groups is 2. The lowest BCUT2D eigenvalue weighted by Gasteiger charge is -2.25. The van der Waals surface area contributed by atoms with Crippen LogP contribution in [0, 0.1) is 0 Å². The molecule has 1 saturated heterocycles. The topological polar surface area (TPSA) is 67.5 Å². The molecule has 0 saturated carbocycles. The maximum absolute atomic E-state index is 12.7. The Morgan fingerprint density at radius 2 is 1.85 bits per heavy atom. The molecule has 0 aliphatic carbocycles. The Labute approximate surface area is 156 Å². The van der Waals surface area contributed by atoms with Crippen LogP contribution in [0.3, 0.4) is 0 Å². The highest BCUT2D eigenvalue weighted by molar-refractivity contribution is 7.99. The van der Waals surface area contributed by atoms with Crippen molar-refractivity contribution in [2.45, 2.75) is 32.5 Å². The van der Waals surface area contributed by atoms with Crippen molar-refractivity contribution in [3.63, 3.8) is 0 Å². The van der Waals surface area contributed by atoms with Gasteiger partial charge in [-0.25, -0.2) is 4.79 Å². The van der Waals surface area contributed by atoms with Crippen molar-refractivity contribution in [3.8, 4) is 0 Å². The van der Waals surface area contributed by atoms with Crippen LogP contribution in [0.5, 0.6) is 0 Å². The van der Waals surface area contributed by atoms with E-state index >= 15 is 0 Å². The van der Waals surface area contributed by atoms with Crippen molar-refractivity contribution in [3.05, 3.63) is 34.7 Å². The third kappa shape index (κ3) is 3.25. The molecule has 0 N–H and O–H groups in total.